The van der Waals surface area contributed by atoms with Crippen LogP contribution in [0.2, 0.25) is 5.02 Å². The number of carbonyl (C=O) groups excluding carboxylic acids is 2. The Balaban J connectivity index is 1.36. The Hall–Kier alpha value is -2.99. The summed E-state index contributed by atoms with van der Waals surface area (Å²) < 4.78 is 17.4. The zero-order valence-electron chi connectivity index (χ0n) is 21.1. The standard InChI is InChI=1S/C30H32ClNO5/c1-35-29(34)20-5-9-27-26(14-20)32(16-21-4-7-24(21)28-15-23(33)10-12-36-28)17-30(18-37-27)11-2-3-19-13-22(31)6-8-25(19)30/h5-6,8-10,12-14,21,24,28H,2-4,7,11,15-18H2,1H3/t21?,24?,28-,30+/m1/s1. The molecule has 2 aliphatic heterocycles. The molecule has 1 fully saturated rings. The van der Waals surface area contributed by atoms with E-state index in [4.69, 9.17) is 25.8 Å². The second kappa shape index (κ2) is 9.71. The average Bonchev–Trinajstić information content (AvgIpc) is 3.03. The Morgan fingerprint density at radius 1 is 1.22 bits per heavy atom. The summed E-state index contributed by atoms with van der Waals surface area (Å²) in [6.07, 6.45) is 8.73. The summed E-state index contributed by atoms with van der Waals surface area (Å²) in [5.41, 5.74) is 3.86. The van der Waals surface area contributed by atoms with Gasteiger partial charge in [-0.1, -0.05) is 17.7 Å². The molecule has 2 aromatic rings. The number of aryl methyl sites for hydroxylation is 1. The molecule has 0 aromatic heterocycles. The third kappa shape index (κ3) is 4.50. The minimum absolute atomic E-state index is 0.0631. The summed E-state index contributed by atoms with van der Waals surface area (Å²) in [4.78, 5) is 26.9. The number of anilines is 1. The summed E-state index contributed by atoms with van der Waals surface area (Å²) in [5, 5.41) is 0.765. The molecule has 4 atom stereocenters. The highest BCUT2D eigenvalue weighted by atomic mass is 35.5. The van der Waals surface area contributed by atoms with E-state index in [-0.39, 0.29) is 23.3 Å². The van der Waals surface area contributed by atoms with Crippen LogP contribution < -0.4 is 9.64 Å². The Bertz CT molecular complexity index is 1260. The second-order valence-corrected chi connectivity index (χ2v) is 11.4. The van der Waals surface area contributed by atoms with Gasteiger partial charge < -0.3 is 19.1 Å². The summed E-state index contributed by atoms with van der Waals surface area (Å²) in [6, 6.07) is 11.8. The maximum atomic E-state index is 12.4. The van der Waals surface area contributed by atoms with E-state index in [0.29, 0.717) is 30.4 Å². The average molecular weight is 522 g/mol. The first-order valence-electron chi connectivity index (χ1n) is 13.2. The van der Waals surface area contributed by atoms with E-state index in [0.717, 1.165) is 61.7 Å². The fraction of sp³-hybridized carbons (Fsp3) is 0.467. The van der Waals surface area contributed by atoms with Crippen molar-refractivity contribution in [2.45, 2.75) is 50.0 Å². The molecule has 2 aromatic carbocycles. The van der Waals surface area contributed by atoms with E-state index in [2.05, 4.69) is 17.0 Å². The molecule has 7 heteroatoms. The van der Waals surface area contributed by atoms with Crippen molar-refractivity contribution in [3.63, 3.8) is 0 Å². The number of rotatable bonds is 4. The zero-order chi connectivity index (χ0) is 25.6. The SMILES string of the molecule is COC(=O)c1ccc2c(c1)N(CC1CCC1[C@H]1CC(=O)C=CO1)C[C@@]1(CCCc3cc(Cl)ccc31)CO2. The van der Waals surface area contributed by atoms with Crippen LogP contribution in [0.15, 0.2) is 48.7 Å². The number of carbonyl (C=O) groups is 2. The number of nitrogens with zero attached hydrogens (tertiary/aromatic N) is 1. The van der Waals surface area contributed by atoms with E-state index >= 15 is 0 Å². The van der Waals surface area contributed by atoms with E-state index in [1.807, 2.05) is 18.2 Å². The van der Waals surface area contributed by atoms with Crippen LogP contribution >= 0.6 is 11.6 Å². The highest BCUT2D eigenvalue weighted by Crippen LogP contribution is 2.47. The molecule has 0 bridgehead atoms. The van der Waals surface area contributed by atoms with E-state index in [1.165, 1.54) is 24.3 Å². The van der Waals surface area contributed by atoms with Gasteiger partial charge in [0.05, 0.1) is 31.2 Å². The first-order chi connectivity index (χ1) is 18.0. The van der Waals surface area contributed by atoms with Gasteiger partial charge in [-0.3, -0.25) is 4.79 Å². The number of esters is 1. The summed E-state index contributed by atoms with van der Waals surface area (Å²) in [7, 11) is 1.40. The number of hydrogen-bond donors (Lipinski definition) is 0. The lowest BCUT2D eigenvalue weighted by Crippen LogP contribution is -2.50. The van der Waals surface area contributed by atoms with E-state index in [1.54, 1.807) is 12.3 Å². The number of methoxy groups -OCH3 is 1. The van der Waals surface area contributed by atoms with Crippen LogP contribution in [0.3, 0.4) is 0 Å². The first-order valence-corrected chi connectivity index (χ1v) is 13.6. The Morgan fingerprint density at radius 2 is 2.11 bits per heavy atom. The molecule has 37 heavy (non-hydrogen) atoms. The van der Waals surface area contributed by atoms with Crippen molar-refractivity contribution in [2.24, 2.45) is 11.8 Å². The molecule has 0 saturated heterocycles. The van der Waals surface area contributed by atoms with Crippen LogP contribution in [-0.2, 0) is 26.1 Å². The smallest absolute Gasteiger partial charge is 0.337 e. The molecule has 0 amide bonds. The number of halogens is 1. The molecule has 2 aliphatic carbocycles. The minimum atomic E-state index is -0.359. The van der Waals surface area contributed by atoms with Gasteiger partial charge in [0.1, 0.15) is 11.9 Å². The lowest BCUT2D eigenvalue weighted by atomic mass is 9.68. The third-order valence-electron chi connectivity index (χ3n) is 8.78. The fourth-order valence-corrected chi connectivity index (χ4v) is 6.93. The maximum Gasteiger partial charge on any atom is 0.337 e. The molecule has 2 unspecified atom stereocenters. The fourth-order valence-electron chi connectivity index (χ4n) is 6.74. The van der Waals surface area contributed by atoms with Gasteiger partial charge in [-0.2, -0.15) is 0 Å². The monoisotopic (exact) mass is 521 g/mol. The molecule has 0 N–H and O–H groups in total. The summed E-state index contributed by atoms with van der Waals surface area (Å²) in [6.45, 7) is 2.17. The van der Waals surface area contributed by atoms with Gasteiger partial charge in [0, 0.05) is 41.9 Å². The predicted octanol–water partition coefficient (Wildman–Crippen LogP) is 5.50. The van der Waals surface area contributed by atoms with Crippen molar-refractivity contribution in [3.05, 3.63) is 70.4 Å². The topological polar surface area (TPSA) is 65.1 Å². The summed E-state index contributed by atoms with van der Waals surface area (Å²) in [5.74, 6) is 1.28. The number of allylic oxidation sites excluding steroid dienone is 1. The van der Waals surface area contributed by atoms with Crippen LogP contribution in [0, 0.1) is 11.8 Å². The molecule has 1 saturated carbocycles. The van der Waals surface area contributed by atoms with Crippen LogP contribution in [0.25, 0.3) is 0 Å². The molecule has 4 aliphatic rings. The van der Waals surface area contributed by atoms with Crippen molar-refractivity contribution in [1.82, 2.24) is 0 Å². The zero-order valence-corrected chi connectivity index (χ0v) is 21.8. The molecule has 6 rings (SSSR count). The van der Waals surface area contributed by atoms with Gasteiger partial charge in [-0.25, -0.2) is 4.79 Å². The molecule has 194 valence electrons. The van der Waals surface area contributed by atoms with Crippen LogP contribution in [0.1, 0.15) is 53.6 Å². The predicted molar refractivity (Wildman–Crippen MR) is 141 cm³/mol. The normalized spacial score (nSPS) is 28.3. The van der Waals surface area contributed by atoms with Crippen molar-refractivity contribution < 1.29 is 23.8 Å². The van der Waals surface area contributed by atoms with Gasteiger partial charge in [0.25, 0.3) is 0 Å². The summed E-state index contributed by atoms with van der Waals surface area (Å²) >= 11 is 6.37. The van der Waals surface area contributed by atoms with Crippen molar-refractivity contribution in [3.8, 4) is 5.75 Å². The number of ketones is 1. The van der Waals surface area contributed by atoms with E-state index < -0.39 is 0 Å². The van der Waals surface area contributed by atoms with Gasteiger partial charge in [-0.05, 0) is 79.5 Å². The van der Waals surface area contributed by atoms with Gasteiger partial charge >= 0.3 is 5.97 Å². The van der Waals surface area contributed by atoms with E-state index in [9.17, 15) is 9.59 Å². The van der Waals surface area contributed by atoms with Gasteiger partial charge in [0.2, 0.25) is 0 Å². The van der Waals surface area contributed by atoms with Crippen molar-refractivity contribution in [1.29, 1.82) is 0 Å². The Labute approximate surface area is 222 Å². The lowest BCUT2D eigenvalue weighted by molar-refractivity contribution is -0.120. The first kappa shape index (κ1) is 24.4. The van der Waals surface area contributed by atoms with Crippen LogP contribution in [0.5, 0.6) is 5.75 Å². The minimum Gasteiger partial charge on any atom is -0.497 e. The van der Waals surface area contributed by atoms with Crippen molar-refractivity contribution >= 4 is 29.0 Å². The van der Waals surface area contributed by atoms with Gasteiger partial charge in [-0.15, -0.1) is 0 Å². The molecule has 1 spiro atoms. The second-order valence-electron chi connectivity index (χ2n) is 10.9. The molecular weight excluding hydrogens is 490 g/mol. The number of hydrogen-bond acceptors (Lipinski definition) is 6. The highest BCUT2D eigenvalue weighted by molar-refractivity contribution is 6.30. The van der Waals surface area contributed by atoms with Crippen LogP contribution in [0.4, 0.5) is 5.69 Å². The molecular formula is C30H32ClNO5. The lowest BCUT2D eigenvalue weighted by Gasteiger charge is -2.46. The Kier molecular flexibility index (Phi) is 6.39. The van der Waals surface area contributed by atoms with Crippen LogP contribution in [-0.4, -0.2) is 44.7 Å². The number of benzene rings is 2. The number of ether oxygens (including phenoxy) is 3. The third-order valence-corrected chi connectivity index (χ3v) is 9.01. The quantitative estimate of drug-likeness (QED) is 0.495. The largest absolute Gasteiger partial charge is 0.497 e. The highest BCUT2D eigenvalue weighted by Gasteiger charge is 2.45. The van der Waals surface area contributed by atoms with Crippen molar-refractivity contribution in [2.75, 3.05) is 31.7 Å². The number of fused-ring (bicyclic) bond motifs is 3. The van der Waals surface area contributed by atoms with Gasteiger partial charge in [0.15, 0.2) is 5.78 Å². The molecule has 2 heterocycles. The molecule has 6 nitrogen and oxygen atoms in total. The molecule has 0 radical (unpaired) electrons. The maximum absolute atomic E-state index is 12.4. The Morgan fingerprint density at radius 3 is 2.89 bits per heavy atom.